The fourth-order valence-electron chi connectivity index (χ4n) is 2.74. The molecular weight excluding hydrogens is 308 g/mol. The van der Waals surface area contributed by atoms with E-state index in [1.165, 1.54) is 77.3 Å². The van der Waals surface area contributed by atoms with Crippen LogP contribution in [0.1, 0.15) is 96.8 Å². The summed E-state index contributed by atoms with van der Waals surface area (Å²) in [6.45, 7) is 4.74. The van der Waals surface area contributed by atoms with E-state index < -0.39 is 0 Å². The van der Waals surface area contributed by atoms with Crippen molar-refractivity contribution in [3.63, 3.8) is 0 Å². The second-order valence-electron chi connectivity index (χ2n) is 6.90. The Balaban J connectivity index is 0.000000972. The van der Waals surface area contributed by atoms with Crippen LogP contribution in [0.3, 0.4) is 0 Å². The number of amides is 1. The number of carbonyl (C=O) groups excluding carboxylic acids is 1. The van der Waals surface area contributed by atoms with E-state index in [1.54, 1.807) is 0 Å². The van der Waals surface area contributed by atoms with Gasteiger partial charge in [-0.3, -0.25) is 4.79 Å². The van der Waals surface area contributed by atoms with Gasteiger partial charge in [-0.1, -0.05) is 63.3 Å². The number of allylic oxidation sites excluding steroid dienone is 4. The quantitative estimate of drug-likeness (QED) is 0.314. The van der Waals surface area contributed by atoms with E-state index in [-0.39, 0.29) is 5.91 Å². The molecule has 0 aromatic rings. The largest absolute Gasteiger partial charge is 0.370 e. The van der Waals surface area contributed by atoms with Crippen LogP contribution in [0, 0.1) is 0 Å². The maximum atomic E-state index is 10.5. The summed E-state index contributed by atoms with van der Waals surface area (Å²) in [6.07, 6.45) is 25.7. The van der Waals surface area contributed by atoms with Crippen LogP contribution in [0.2, 0.25) is 0 Å². The van der Waals surface area contributed by atoms with Gasteiger partial charge in [0.05, 0.1) is 0 Å². The van der Waals surface area contributed by atoms with Gasteiger partial charge in [-0.2, -0.15) is 0 Å². The van der Waals surface area contributed by atoms with Crippen LogP contribution >= 0.6 is 0 Å². The minimum absolute atomic E-state index is 0.171. The molecule has 1 amide bonds. The van der Waals surface area contributed by atoms with Crippen molar-refractivity contribution in [2.45, 2.75) is 96.8 Å². The minimum atomic E-state index is -0.171. The minimum Gasteiger partial charge on any atom is -0.370 e. The van der Waals surface area contributed by atoms with Gasteiger partial charge in [0.2, 0.25) is 5.91 Å². The van der Waals surface area contributed by atoms with E-state index in [4.69, 9.17) is 5.73 Å². The summed E-state index contributed by atoms with van der Waals surface area (Å²) in [5.41, 5.74) is 5.09. The summed E-state index contributed by atoms with van der Waals surface area (Å²) in [5.74, 6) is -0.171. The number of hydrogen-bond donors (Lipinski definition) is 2. The molecule has 1 rings (SSSR count). The molecule has 0 aromatic heterocycles. The van der Waals surface area contributed by atoms with E-state index >= 15 is 0 Å². The molecule has 1 aliphatic rings. The highest BCUT2D eigenvalue weighted by molar-refractivity contribution is 5.73. The first kappa shape index (κ1) is 23.9. The molecule has 0 aromatic carbocycles. The molecule has 3 N–H and O–H groups in total. The molecule has 25 heavy (non-hydrogen) atoms. The van der Waals surface area contributed by atoms with Crippen molar-refractivity contribution in [2.75, 3.05) is 13.1 Å². The van der Waals surface area contributed by atoms with Crippen molar-refractivity contribution in [1.82, 2.24) is 5.32 Å². The van der Waals surface area contributed by atoms with Crippen molar-refractivity contribution >= 4 is 5.91 Å². The molecule has 146 valence electrons. The maximum Gasteiger partial charge on any atom is 0.217 e. The Labute approximate surface area is 156 Å². The predicted octanol–water partition coefficient (Wildman–Crippen LogP) is 5.66. The Morgan fingerprint density at radius 3 is 1.92 bits per heavy atom. The van der Waals surface area contributed by atoms with Crippen LogP contribution in [0.4, 0.5) is 0 Å². The van der Waals surface area contributed by atoms with Gasteiger partial charge in [0, 0.05) is 6.42 Å². The van der Waals surface area contributed by atoms with Crippen LogP contribution in [-0.2, 0) is 4.79 Å². The molecule has 0 radical (unpaired) electrons. The van der Waals surface area contributed by atoms with Crippen molar-refractivity contribution in [1.29, 1.82) is 0 Å². The Morgan fingerprint density at radius 1 is 0.840 bits per heavy atom. The van der Waals surface area contributed by atoms with Crippen LogP contribution < -0.4 is 11.1 Å². The third-order valence-electron chi connectivity index (χ3n) is 4.33. The topological polar surface area (TPSA) is 55.1 Å². The van der Waals surface area contributed by atoms with Crippen LogP contribution in [0.25, 0.3) is 0 Å². The molecule has 0 spiro atoms. The Morgan fingerprint density at radius 2 is 1.40 bits per heavy atom. The standard InChI is InChI=1S/C18H33NO.C4H9N/c1-2-3-4-5-6-7-8-9-10-11-12-13-14-15-16-17-18(19)20;1-2-4-5-3-1/h6-7,9-10H,2-5,8,11-17H2,1H3,(H2,19,20);5H,1-4H2/b7-6-,10-9-;. The van der Waals surface area contributed by atoms with E-state index in [9.17, 15) is 4.79 Å². The average Bonchev–Trinajstić information content (AvgIpc) is 3.18. The van der Waals surface area contributed by atoms with Crippen LogP contribution in [-0.4, -0.2) is 19.0 Å². The molecule has 0 atom stereocenters. The van der Waals surface area contributed by atoms with Crippen molar-refractivity contribution < 1.29 is 4.79 Å². The molecule has 0 saturated carbocycles. The van der Waals surface area contributed by atoms with Crippen molar-refractivity contribution in [3.05, 3.63) is 24.3 Å². The van der Waals surface area contributed by atoms with Crippen molar-refractivity contribution in [2.24, 2.45) is 5.73 Å². The summed E-state index contributed by atoms with van der Waals surface area (Å²) < 4.78 is 0. The molecule has 3 nitrogen and oxygen atoms in total. The van der Waals surface area contributed by atoms with Gasteiger partial charge in [-0.05, 0) is 64.5 Å². The first-order valence-corrected chi connectivity index (χ1v) is 10.6. The summed E-state index contributed by atoms with van der Waals surface area (Å²) >= 11 is 0. The second kappa shape index (κ2) is 21.0. The van der Waals surface area contributed by atoms with Crippen molar-refractivity contribution in [3.8, 4) is 0 Å². The third kappa shape index (κ3) is 22.9. The highest BCUT2D eigenvalue weighted by Crippen LogP contribution is 2.07. The SMILES string of the molecule is C1CCNC1.CCCCC/C=C\C/C=C\CCCCCCCC(N)=O. The second-order valence-corrected chi connectivity index (χ2v) is 6.90. The molecule has 0 bridgehead atoms. The molecular formula is C22H42N2O. The maximum absolute atomic E-state index is 10.5. The number of primary amides is 1. The number of rotatable bonds is 14. The number of carbonyl (C=O) groups is 1. The smallest absolute Gasteiger partial charge is 0.217 e. The van der Waals surface area contributed by atoms with Gasteiger partial charge >= 0.3 is 0 Å². The zero-order chi connectivity index (χ0) is 18.4. The Hall–Kier alpha value is -1.09. The predicted molar refractivity (Wildman–Crippen MR) is 111 cm³/mol. The van der Waals surface area contributed by atoms with Gasteiger partial charge in [-0.25, -0.2) is 0 Å². The third-order valence-corrected chi connectivity index (χ3v) is 4.33. The van der Waals surface area contributed by atoms with E-state index in [0.29, 0.717) is 6.42 Å². The lowest BCUT2D eigenvalue weighted by atomic mass is 10.1. The van der Waals surface area contributed by atoms with E-state index in [2.05, 4.69) is 36.5 Å². The molecule has 1 fully saturated rings. The van der Waals surface area contributed by atoms with E-state index in [0.717, 1.165) is 19.3 Å². The van der Waals surface area contributed by atoms with Gasteiger partial charge in [-0.15, -0.1) is 0 Å². The lowest BCUT2D eigenvalue weighted by Crippen LogP contribution is -2.09. The number of nitrogens with two attached hydrogens (primary N) is 1. The summed E-state index contributed by atoms with van der Waals surface area (Å²) in [5, 5.41) is 3.22. The zero-order valence-corrected chi connectivity index (χ0v) is 16.6. The van der Waals surface area contributed by atoms with Gasteiger partial charge in [0.15, 0.2) is 0 Å². The molecule has 1 saturated heterocycles. The summed E-state index contributed by atoms with van der Waals surface area (Å²) in [6, 6.07) is 0. The van der Waals surface area contributed by atoms with E-state index in [1.807, 2.05) is 0 Å². The fourth-order valence-corrected chi connectivity index (χ4v) is 2.74. The first-order valence-electron chi connectivity index (χ1n) is 10.6. The molecule has 0 aliphatic carbocycles. The Bertz CT molecular complexity index is 325. The molecule has 1 heterocycles. The number of unbranched alkanes of at least 4 members (excludes halogenated alkanes) is 8. The first-order chi connectivity index (χ1) is 12.3. The monoisotopic (exact) mass is 350 g/mol. The van der Waals surface area contributed by atoms with Gasteiger partial charge in [0.1, 0.15) is 0 Å². The lowest BCUT2D eigenvalue weighted by molar-refractivity contribution is -0.118. The molecule has 3 heteroatoms. The Kier molecular flexibility index (Phi) is 20.0. The zero-order valence-electron chi connectivity index (χ0n) is 16.6. The fraction of sp³-hybridized carbons (Fsp3) is 0.773. The summed E-state index contributed by atoms with van der Waals surface area (Å²) in [4.78, 5) is 10.5. The molecule has 1 aliphatic heterocycles. The highest BCUT2D eigenvalue weighted by atomic mass is 16.1. The van der Waals surface area contributed by atoms with Gasteiger partial charge in [0.25, 0.3) is 0 Å². The lowest BCUT2D eigenvalue weighted by Gasteiger charge is -1.98. The molecule has 0 unspecified atom stereocenters. The number of hydrogen-bond acceptors (Lipinski definition) is 2. The van der Waals surface area contributed by atoms with Gasteiger partial charge < -0.3 is 11.1 Å². The number of nitrogens with one attached hydrogen (secondary N) is 1. The normalized spacial score (nSPS) is 14.1. The van der Waals surface area contributed by atoms with Crippen LogP contribution in [0.15, 0.2) is 24.3 Å². The summed E-state index contributed by atoms with van der Waals surface area (Å²) in [7, 11) is 0. The average molecular weight is 351 g/mol. The van der Waals surface area contributed by atoms with Crippen LogP contribution in [0.5, 0.6) is 0 Å². The highest BCUT2D eigenvalue weighted by Gasteiger charge is 1.94.